The number of ether oxygens (including phenoxy) is 1. The fraction of sp³-hybridized carbons (Fsp3) is 0.100. The number of carboxylic acids is 1. The Kier molecular flexibility index (Phi) is 5.97. The Morgan fingerprint density at radius 1 is 1.12 bits per heavy atom. The highest BCUT2D eigenvalue weighted by Crippen LogP contribution is 2.30. The average molecular weight is 361 g/mol. The molecule has 26 heavy (non-hydrogen) atoms. The van der Waals surface area contributed by atoms with Crippen molar-refractivity contribution in [2.24, 2.45) is 0 Å². The highest BCUT2D eigenvalue weighted by molar-refractivity contribution is 7.98. The first kappa shape index (κ1) is 18.1. The first-order valence-electron chi connectivity index (χ1n) is 8.01. The first-order valence-corrected chi connectivity index (χ1v) is 8.99. The van der Waals surface area contributed by atoms with E-state index in [0.717, 1.165) is 10.6 Å². The van der Waals surface area contributed by atoms with E-state index < -0.39 is 5.97 Å². The molecule has 0 amide bonds. The summed E-state index contributed by atoms with van der Waals surface area (Å²) >= 11 is 1.59. The molecule has 1 heterocycles. The van der Waals surface area contributed by atoms with Crippen molar-refractivity contribution in [3.8, 4) is 11.5 Å². The van der Waals surface area contributed by atoms with Gasteiger partial charge in [0.2, 0.25) is 0 Å². The number of carbonyl (C=O) groups is 1. The molecule has 0 saturated heterocycles. The smallest absolute Gasteiger partial charge is 0.307 e. The van der Waals surface area contributed by atoms with Gasteiger partial charge in [-0.2, -0.15) is 0 Å². The lowest BCUT2D eigenvalue weighted by Gasteiger charge is -2.13. The van der Waals surface area contributed by atoms with E-state index in [0.29, 0.717) is 28.3 Å². The fourth-order valence-electron chi connectivity index (χ4n) is 2.42. The summed E-state index contributed by atoms with van der Waals surface area (Å²) in [5.74, 6) is 1.07. The van der Waals surface area contributed by atoms with Gasteiger partial charge in [-0.15, -0.1) is 11.8 Å². The van der Waals surface area contributed by atoms with Crippen molar-refractivity contribution >= 4 is 31.0 Å². The Morgan fingerprint density at radius 3 is 2.77 bits per heavy atom. The van der Waals surface area contributed by atoms with Crippen molar-refractivity contribution in [1.82, 2.24) is 4.98 Å². The van der Waals surface area contributed by atoms with Crippen LogP contribution in [-0.2, 0) is 17.0 Å². The van der Waals surface area contributed by atoms with Crippen LogP contribution in [0.15, 0.2) is 71.9 Å². The number of hydrogen-bond donors (Lipinski definition) is 1. The molecule has 6 heteroatoms. The van der Waals surface area contributed by atoms with Crippen LogP contribution in [0.2, 0.25) is 0 Å². The second kappa shape index (κ2) is 8.58. The topological polar surface area (TPSA) is 59.4 Å². The van der Waals surface area contributed by atoms with Crippen LogP contribution in [0.4, 0.5) is 0 Å². The molecule has 0 fully saturated rings. The third kappa shape index (κ3) is 5.13. The van der Waals surface area contributed by atoms with Crippen LogP contribution in [0.1, 0.15) is 11.1 Å². The summed E-state index contributed by atoms with van der Waals surface area (Å²) in [5.41, 5.74) is 2.30. The summed E-state index contributed by atoms with van der Waals surface area (Å²) < 4.78 is 5.99. The van der Waals surface area contributed by atoms with Gasteiger partial charge in [0.1, 0.15) is 19.3 Å². The second-order valence-corrected chi connectivity index (χ2v) is 6.64. The zero-order valence-electron chi connectivity index (χ0n) is 14.0. The van der Waals surface area contributed by atoms with Crippen LogP contribution in [0.25, 0.3) is 0 Å². The van der Waals surface area contributed by atoms with Gasteiger partial charge in [0.15, 0.2) is 0 Å². The van der Waals surface area contributed by atoms with E-state index in [9.17, 15) is 4.79 Å². The van der Waals surface area contributed by atoms with Crippen molar-refractivity contribution in [3.05, 3.63) is 78.0 Å². The fourth-order valence-corrected chi connectivity index (χ4v) is 3.26. The second-order valence-electron chi connectivity index (χ2n) is 5.64. The highest BCUT2D eigenvalue weighted by atomic mass is 32.2. The van der Waals surface area contributed by atoms with Crippen LogP contribution < -0.4 is 10.2 Å². The van der Waals surface area contributed by atoms with Crippen LogP contribution >= 0.6 is 11.8 Å². The van der Waals surface area contributed by atoms with Crippen LogP contribution in [0, 0.1) is 0 Å². The van der Waals surface area contributed by atoms with E-state index >= 15 is 0 Å². The quantitative estimate of drug-likeness (QED) is 0.515. The van der Waals surface area contributed by atoms with E-state index in [1.807, 2.05) is 30.3 Å². The summed E-state index contributed by atoms with van der Waals surface area (Å²) in [6.45, 7) is 0. The number of aliphatic carboxylic acids is 1. The van der Waals surface area contributed by atoms with Gasteiger partial charge in [0.25, 0.3) is 0 Å². The van der Waals surface area contributed by atoms with Gasteiger partial charge in [-0.1, -0.05) is 35.8 Å². The van der Waals surface area contributed by atoms with Gasteiger partial charge < -0.3 is 9.84 Å². The number of carboxylic acid groups (broad SMARTS) is 1. The molecule has 2 aromatic carbocycles. The predicted octanol–water partition coefficient (Wildman–Crippen LogP) is 3.59. The maximum Gasteiger partial charge on any atom is 0.307 e. The number of benzene rings is 2. The molecule has 0 bridgehead atoms. The molecular weight excluding hydrogens is 345 g/mol. The third-order valence-corrected chi connectivity index (χ3v) is 4.57. The number of hydrogen-bond acceptors (Lipinski definition) is 4. The third-order valence-electron chi connectivity index (χ3n) is 3.58. The van der Waals surface area contributed by atoms with Crippen LogP contribution in [0.3, 0.4) is 0 Å². The number of rotatable bonds is 7. The van der Waals surface area contributed by atoms with E-state index in [-0.39, 0.29) is 6.42 Å². The van der Waals surface area contributed by atoms with E-state index in [1.54, 1.807) is 48.3 Å². The zero-order chi connectivity index (χ0) is 18.4. The molecule has 1 N–H and O–H groups in total. The average Bonchev–Trinajstić information content (AvgIpc) is 2.62. The summed E-state index contributed by atoms with van der Waals surface area (Å²) in [6.07, 6.45) is 1.72. The van der Waals surface area contributed by atoms with E-state index in [4.69, 9.17) is 17.7 Å². The summed E-state index contributed by atoms with van der Waals surface area (Å²) in [6, 6.07) is 18.4. The lowest BCUT2D eigenvalue weighted by atomic mass is 9.94. The molecule has 0 aliphatic rings. The molecule has 2 radical (unpaired) electrons. The van der Waals surface area contributed by atoms with Crippen LogP contribution in [-0.4, -0.2) is 23.9 Å². The zero-order valence-corrected chi connectivity index (χ0v) is 14.8. The molecule has 0 spiro atoms. The summed E-state index contributed by atoms with van der Waals surface area (Å²) in [4.78, 5) is 15.2. The van der Waals surface area contributed by atoms with Gasteiger partial charge in [-0.05, 0) is 35.9 Å². The van der Waals surface area contributed by atoms with Gasteiger partial charge in [-0.3, -0.25) is 4.79 Å². The predicted molar refractivity (Wildman–Crippen MR) is 103 cm³/mol. The van der Waals surface area contributed by atoms with Gasteiger partial charge in [-0.25, -0.2) is 4.98 Å². The van der Waals surface area contributed by atoms with Crippen molar-refractivity contribution in [2.75, 3.05) is 0 Å². The number of pyridine rings is 1. The van der Waals surface area contributed by atoms with Crippen molar-refractivity contribution in [1.29, 1.82) is 0 Å². The van der Waals surface area contributed by atoms with Gasteiger partial charge in [0, 0.05) is 17.5 Å². The lowest BCUT2D eigenvalue weighted by molar-refractivity contribution is -0.136. The number of aromatic nitrogens is 1. The molecule has 0 saturated carbocycles. The van der Waals surface area contributed by atoms with Crippen LogP contribution in [0.5, 0.6) is 11.5 Å². The Hall–Kier alpha value is -2.73. The maximum absolute atomic E-state index is 10.9. The number of nitrogens with zero attached hydrogens (tertiary/aromatic N) is 1. The Labute approximate surface area is 157 Å². The minimum Gasteiger partial charge on any atom is -0.481 e. The minimum absolute atomic E-state index is 0.0404. The highest BCUT2D eigenvalue weighted by Gasteiger charge is 2.08. The minimum atomic E-state index is -0.873. The lowest BCUT2D eigenvalue weighted by Crippen LogP contribution is -2.04. The first-order chi connectivity index (χ1) is 12.6. The molecular formula is C20H16BNO3S. The Morgan fingerprint density at radius 2 is 2.00 bits per heavy atom. The molecule has 3 aromatic rings. The molecule has 1 aromatic heterocycles. The molecule has 0 unspecified atom stereocenters. The van der Waals surface area contributed by atoms with Crippen molar-refractivity contribution in [2.45, 2.75) is 17.2 Å². The molecule has 4 nitrogen and oxygen atoms in total. The molecule has 0 aliphatic heterocycles. The largest absolute Gasteiger partial charge is 0.481 e. The monoisotopic (exact) mass is 361 g/mol. The maximum atomic E-state index is 10.9. The van der Waals surface area contributed by atoms with E-state index in [2.05, 4.69) is 4.98 Å². The number of thioether (sulfide) groups is 1. The SMILES string of the molecule is [B]c1ccc(Oc2cccc(CC(=O)O)c2)c(CSc2ccccn2)c1. The Balaban J connectivity index is 1.78. The van der Waals surface area contributed by atoms with Gasteiger partial charge >= 0.3 is 5.97 Å². The van der Waals surface area contributed by atoms with E-state index in [1.165, 1.54) is 0 Å². The molecule has 0 atom stereocenters. The van der Waals surface area contributed by atoms with Gasteiger partial charge in [0.05, 0.1) is 11.4 Å². The summed E-state index contributed by atoms with van der Waals surface area (Å²) in [7, 11) is 5.92. The normalized spacial score (nSPS) is 10.5. The summed E-state index contributed by atoms with van der Waals surface area (Å²) in [5, 5.41) is 9.86. The molecule has 128 valence electrons. The molecule has 0 aliphatic carbocycles. The standard InChI is InChI=1S/C20H16BNO3S/c21-16-7-8-18(15(12-16)13-26-19-6-1-2-9-22-19)25-17-5-3-4-14(10-17)11-20(23)24/h1-10,12H,11,13H2,(H,23,24). The molecule has 3 rings (SSSR count). The van der Waals surface area contributed by atoms with Crippen molar-refractivity contribution in [3.63, 3.8) is 0 Å². The Bertz CT molecular complexity index is 903. The van der Waals surface area contributed by atoms with Crippen molar-refractivity contribution < 1.29 is 14.6 Å².